The number of oxime groups is 1. The predicted octanol–water partition coefficient (Wildman–Crippen LogP) is 6.35. The molecule has 170 valence electrons. The SMILES string of the molecule is O=C1ON=C(c2ccccc2)[C@@]12[C@@H](c1ccccc1)N=C(c1ccccc1)C[C@H]2c1ccccc1. The van der Waals surface area contributed by atoms with Crippen molar-refractivity contribution in [3.8, 4) is 0 Å². The number of rotatable bonds is 4. The van der Waals surface area contributed by atoms with Gasteiger partial charge in [0.2, 0.25) is 0 Å². The lowest BCUT2D eigenvalue weighted by Crippen LogP contribution is -2.49. The van der Waals surface area contributed by atoms with Crippen molar-refractivity contribution in [3.63, 3.8) is 0 Å². The Morgan fingerprint density at radius 1 is 0.657 bits per heavy atom. The maximum atomic E-state index is 13.9. The van der Waals surface area contributed by atoms with Gasteiger partial charge in [-0.3, -0.25) is 4.99 Å². The summed E-state index contributed by atoms with van der Waals surface area (Å²) in [5.74, 6) is -0.564. The summed E-state index contributed by atoms with van der Waals surface area (Å²) < 4.78 is 0. The van der Waals surface area contributed by atoms with Gasteiger partial charge >= 0.3 is 5.97 Å². The van der Waals surface area contributed by atoms with Gasteiger partial charge in [-0.05, 0) is 23.1 Å². The third-order valence-corrected chi connectivity index (χ3v) is 7.08. The summed E-state index contributed by atoms with van der Waals surface area (Å²) >= 11 is 0. The molecule has 0 amide bonds. The summed E-state index contributed by atoms with van der Waals surface area (Å²) in [5.41, 5.74) is 4.49. The standard InChI is InChI=1S/C31H24N2O2/c34-30-31(29(33-35-30)25-19-11-4-12-20-25)26(22-13-5-1-6-14-22)21-27(23-15-7-2-8-16-23)32-28(31)24-17-9-3-10-18-24/h1-20,26,28H,21H2/t26-,28+,31+/m0/s1. The highest BCUT2D eigenvalue weighted by Crippen LogP contribution is 2.57. The van der Waals surface area contributed by atoms with Gasteiger partial charge in [0, 0.05) is 17.2 Å². The van der Waals surface area contributed by atoms with E-state index in [0.29, 0.717) is 12.1 Å². The monoisotopic (exact) mass is 456 g/mol. The van der Waals surface area contributed by atoms with Crippen molar-refractivity contribution in [1.82, 2.24) is 0 Å². The first-order valence-electron chi connectivity index (χ1n) is 11.9. The molecule has 3 atom stereocenters. The van der Waals surface area contributed by atoms with E-state index in [1.807, 2.05) is 97.1 Å². The second-order valence-electron chi connectivity index (χ2n) is 8.98. The van der Waals surface area contributed by atoms with Crippen molar-refractivity contribution in [3.05, 3.63) is 144 Å². The van der Waals surface area contributed by atoms with Gasteiger partial charge in [-0.2, -0.15) is 0 Å². The van der Waals surface area contributed by atoms with Crippen LogP contribution in [0.1, 0.15) is 40.6 Å². The van der Waals surface area contributed by atoms with Crippen molar-refractivity contribution in [2.24, 2.45) is 15.6 Å². The van der Waals surface area contributed by atoms with Crippen LogP contribution in [0.4, 0.5) is 0 Å². The smallest absolute Gasteiger partial charge is 0.317 e. The van der Waals surface area contributed by atoms with Gasteiger partial charge in [0.1, 0.15) is 11.1 Å². The molecule has 35 heavy (non-hydrogen) atoms. The average Bonchev–Trinajstić information content (AvgIpc) is 3.27. The molecule has 0 aliphatic carbocycles. The molecule has 4 aromatic carbocycles. The first-order valence-corrected chi connectivity index (χ1v) is 11.9. The number of nitrogens with zero attached hydrogens (tertiary/aromatic N) is 2. The summed E-state index contributed by atoms with van der Waals surface area (Å²) in [6, 6.07) is 39.9. The normalized spacial score (nSPS) is 23.5. The number of benzene rings is 4. The van der Waals surface area contributed by atoms with Crippen molar-refractivity contribution < 1.29 is 9.63 Å². The minimum Gasteiger partial charge on any atom is -0.317 e. The van der Waals surface area contributed by atoms with E-state index in [-0.39, 0.29) is 11.9 Å². The Kier molecular flexibility index (Phi) is 5.34. The molecule has 4 aromatic rings. The maximum absolute atomic E-state index is 13.9. The van der Waals surface area contributed by atoms with E-state index in [0.717, 1.165) is 28.0 Å². The van der Waals surface area contributed by atoms with Gasteiger partial charge in [0.15, 0.2) is 0 Å². The Balaban J connectivity index is 1.65. The minimum atomic E-state index is -1.09. The Bertz CT molecular complexity index is 1400. The van der Waals surface area contributed by atoms with E-state index in [1.54, 1.807) is 0 Å². The van der Waals surface area contributed by atoms with E-state index >= 15 is 0 Å². The van der Waals surface area contributed by atoms with Crippen LogP contribution in [-0.4, -0.2) is 17.4 Å². The molecule has 0 bridgehead atoms. The Hall–Kier alpha value is -4.31. The second-order valence-corrected chi connectivity index (χ2v) is 8.98. The first-order chi connectivity index (χ1) is 17.3. The van der Waals surface area contributed by atoms with E-state index in [9.17, 15) is 4.79 Å². The number of carbonyl (C=O) groups is 1. The quantitative estimate of drug-likeness (QED) is 0.336. The summed E-state index contributed by atoms with van der Waals surface area (Å²) in [7, 11) is 0. The van der Waals surface area contributed by atoms with Crippen LogP contribution in [0.15, 0.2) is 131 Å². The highest BCUT2D eigenvalue weighted by molar-refractivity contribution is 6.20. The fourth-order valence-corrected chi connectivity index (χ4v) is 5.49. The van der Waals surface area contributed by atoms with Crippen LogP contribution in [0.3, 0.4) is 0 Å². The minimum absolute atomic E-state index is 0.212. The molecule has 4 heteroatoms. The molecule has 0 saturated carbocycles. The van der Waals surface area contributed by atoms with Crippen molar-refractivity contribution in [1.29, 1.82) is 0 Å². The molecule has 2 heterocycles. The lowest BCUT2D eigenvalue weighted by Gasteiger charge is -2.43. The molecule has 0 saturated heterocycles. The Labute approximate surface area is 204 Å². The molecule has 2 aliphatic rings. The molecular weight excluding hydrogens is 432 g/mol. The van der Waals surface area contributed by atoms with E-state index in [1.165, 1.54) is 0 Å². The predicted molar refractivity (Wildman–Crippen MR) is 137 cm³/mol. The van der Waals surface area contributed by atoms with Crippen LogP contribution in [0, 0.1) is 5.41 Å². The number of hydrogen-bond acceptors (Lipinski definition) is 4. The molecule has 0 N–H and O–H groups in total. The van der Waals surface area contributed by atoms with Crippen molar-refractivity contribution in [2.45, 2.75) is 18.4 Å². The molecule has 1 spiro atoms. The summed E-state index contributed by atoms with van der Waals surface area (Å²) in [4.78, 5) is 24.8. The largest absolute Gasteiger partial charge is 0.350 e. The van der Waals surface area contributed by atoms with E-state index < -0.39 is 11.5 Å². The maximum Gasteiger partial charge on any atom is 0.350 e. The van der Waals surface area contributed by atoms with Gasteiger partial charge < -0.3 is 4.84 Å². The number of hydrogen-bond donors (Lipinski definition) is 0. The third kappa shape index (κ3) is 3.50. The van der Waals surface area contributed by atoms with Crippen LogP contribution in [0.2, 0.25) is 0 Å². The van der Waals surface area contributed by atoms with Gasteiger partial charge in [-0.15, -0.1) is 0 Å². The van der Waals surface area contributed by atoms with E-state index in [2.05, 4.69) is 29.4 Å². The van der Waals surface area contributed by atoms with Crippen LogP contribution < -0.4 is 0 Å². The van der Waals surface area contributed by atoms with Crippen LogP contribution in [0.5, 0.6) is 0 Å². The van der Waals surface area contributed by atoms with Crippen LogP contribution in [0.25, 0.3) is 0 Å². The van der Waals surface area contributed by atoms with E-state index in [4.69, 9.17) is 9.83 Å². The molecule has 0 aromatic heterocycles. The summed E-state index contributed by atoms with van der Waals surface area (Å²) in [6.07, 6.45) is 0.596. The molecule has 0 unspecified atom stereocenters. The first kappa shape index (κ1) is 21.2. The molecule has 2 aliphatic heterocycles. The third-order valence-electron chi connectivity index (χ3n) is 7.08. The topological polar surface area (TPSA) is 51.0 Å². The molecule has 4 nitrogen and oxygen atoms in total. The zero-order valence-corrected chi connectivity index (χ0v) is 19.1. The van der Waals surface area contributed by atoms with Crippen LogP contribution >= 0.6 is 0 Å². The molecule has 0 fully saturated rings. The molecule has 6 rings (SSSR count). The van der Waals surface area contributed by atoms with Gasteiger partial charge in [-0.1, -0.05) is 126 Å². The van der Waals surface area contributed by atoms with Crippen molar-refractivity contribution >= 4 is 17.4 Å². The number of aliphatic imine (C=N–C) groups is 1. The van der Waals surface area contributed by atoms with Crippen molar-refractivity contribution in [2.75, 3.05) is 0 Å². The highest BCUT2D eigenvalue weighted by Gasteiger charge is 2.63. The van der Waals surface area contributed by atoms with Gasteiger partial charge in [-0.25, -0.2) is 4.79 Å². The van der Waals surface area contributed by atoms with Crippen LogP contribution in [-0.2, 0) is 9.63 Å². The zero-order chi connectivity index (χ0) is 23.7. The lowest BCUT2D eigenvalue weighted by molar-refractivity contribution is -0.150. The summed E-state index contributed by atoms with van der Waals surface area (Å²) in [6.45, 7) is 0. The number of carbonyl (C=O) groups excluding carboxylic acids is 1. The lowest BCUT2D eigenvalue weighted by atomic mass is 9.58. The Morgan fingerprint density at radius 2 is 1.17 bits per heavy atom. The summed E-state index contributed by atoms with van der Waals surface area (Å²) in [5, 5.41) is 4.41. The molecular formula is C31H24N2O2. The molecule has 0 radical (unpaired) electrons. The highest BCUT2D eigenvalue weighted by atomic mass is 16.7. The fraction of sp³-hybridized carbons (Fsp3) is 0.129. The Morgan fingerprint density at radius 3 is 1.77 bits per heavy atom. The second kappa shape index (κ2) is 8.80. The van der Waals surface area contributed by atoms with Gasteiger partial charge in [0.05, 0.1) is 6.04 Å². The average molecular weight is 457 g/mol. The fourth-order valence-electron chi connectivity index (χ4n) is 5.49. The van der Waals surface area contributed by atoms with Gasteiger partial charge in [0.25, 0.3) is 0 Å². The zero-order valence-electron chi connectivity index (χ0n) is 19.1.